The van der Waals surface area contributed by atoms with E-state index in [9.17, 15) is 4.79 Å². The Morgan fingerprint density at radius 2 is 1.72 bits per heavy atom. The Labute approximate surface area is 218 Å². The number of amides is 1. The number of aromatic nitrogens is 3. The molecular weight excluding hydrogens is 490 g/mol. The highest BCUT2D eigenvalue weighted by molar-refractivity contribution is 7.99. The molecule has 36 heavy (non-hydrogen) atoms. The lowest BCUT2D eigenvalue weighted by Crippen LogP contribution is -2.20. The maximum absolute atomic E-state index is 12.6. The van der Waals surface area contributed by atoms with E-state index >= 15 is 0 Å². The predicted molar refractivity (Wildman–Crippen MR) is 147 cm³/mol. The van der Waals surface area contributed by atoms with Crippen LogP contribution in [0.1, 0.15) is 11.1 Å². The summed E-state index contributed by atoms with van der Waals surface area (Å²) in [7, 11) is 0. The van der Waals surface area contributed by atoms with Gasteiger partial charge in [-0.1, -0.05) is 95.7 Å². The van der Waals surface area contributed by atoms with Crippen LogP contribution in [0, 0.1) is 6.92 Å². The molecule has 0 aliphatic rings. The highest BCUT2D eigenvalue weighted by atomic mass is 35.5. The van der Waals surface area contributed by atoms with Gasteiger partial charge >= 0.3 is 0 Å². The number of rotatable bonds is 7. The van der Waals surface area contributed by atoms with Crippen LogP contribution in [0.15, 0.2) is 101 Å². The zero-order valence-corrected chi connectivity index (χ0v) is 21.0. The minimum absolute atomic E-state index is 0.131. The maximum atomic E-state index is 12.6. The maximum Gasteiger partial charge on any atom is 0.250 e. The number of benzene rings is 4. The van der Waals surface area contributed by atoms with Crippen molar-refractivity contribution >= 4 is 46.3 Å². The van der Waals surface area contributed by atoms with Gasteiger partial charge in [-0.25, -0.2) is 5.43 Å². The smallest absolute Gasteiger partial charge is 0.250 e. The average Bonchev–Trinajstić information content (AvgIpc) is 3.32. The van der Waals surface area contributed by atoms with Crippen LogP contribution in [-0.2, 0) is 4.79 Å². The molecule has 5 rings (SSSR count). The number of carbonyl (C=O) groups excluding carboxylic acids is 1. The van der Waals surface area contributed by atoms with Crippen LogP contribution >= 0.6 is 23.4 Å². The van der Waals surface area contributed by atoms with E-state index in [0.717, 1.165) is 33.2 Å². The lowest BCUT2D eigenvalue weighted by atomic mass is 10.1. The van der Waals surface area contributed by atoms with Crippen molar-refractivity contribution in [1.82, 2.24) is 20.2 Å². The predicted octanol–water partition coefficient (Wildman–Crippen LogP) is 6.29. The lowest BCUT2D eigenvalue weighted by molar-refractivity contribution is -0.118. The zero-order valence-electron chi connectivity index (χ0n) is 19.4. The number of hydrogen-bond acceptors (Lipinski definition) is 5. The van der Waals surface area contributed by atoms with Gasteiger partial charge in [-0.3, -0.25) is 9.36 Å². The molecule has 0 fully saturated rings. The Morgan fingerprint density at radius 1 is 0.972 bits per heavy atom. The second-order valence-electron chi connectivity index (χ2n) is 8.13. The molecule has 0 unspecified atom stereocenters. The summed E-state index contributed by atoms with van der Waals surface area (Å²) in [6, 6.07) is 29.6. The molecular formula is C28H22ClN5OS. The van der Waals surface area contributed by atoms with Gasteiger partial charge in [0.1, 0.15) is 0 Å². The summed E-state index contributed by atoms with van der Waals surface area (Å²) < 4.78 is 1.93. The van der Waals surface area contributed by atoms with Gasteiger partial charge in [0.2, 0.25) is 0 Å². The molecule has 178 valence electrons. The quantitative estimate of drug-likeness (QED) is 0.158. The Bertz CT molecular complexity index is 1540. The van der Waals surface area contributed by atoms with Crippen LogP contribution in [0.4, 0.5) is 0 Å². The Kier molecular flexibility index (Phi) is 7.11. The van der Waals surface area contributed by atoms with Crippen LogP contribution in [0.5, 0.6) is 0 Å². The molecule has 0 bridgehead atoms. The second-order valence-corrected chi connectivity index (χ2v) is 9.51. The van der Waals surface area contributed by atoms with Crippen LogP contribution < -0.4 is 5.43 Å². The molecule has 0 spiro atoms. The molecule has 6 nitrogen and oxygen atoms in total. The van der Waals surface area contributed by atoms with Crippen molar-refractivity contribution in [3.8, 4) is 17.1 Å². The molecule has 0 aliphatic heterocycles. The molecule has 1 heterocycles. The highest BCUT2D eigenvalue weighted by Gasteiger charge is 2.17. The van der Waals surface area contributed by atoms with Crippen LogP contribution in [0.25, 0.3) is 27.8 Å². The van der Waals surface area contributed by atoms with E-state index in [1.54, 1.807) is 6.21 Å². The number of thioether (sulfide) groups is 1. The minimum atomic E-state index is -0.237. The summed E-state index contributed by atoms with van der Waals surface area (Å²) in [6.45, 7) is 2.04. The fourth-order valence-electron chi connectivity index (χ4n) is 3.78. The summed E-state index contributed by atoms with van der Waals surface area (Å²) in [5, 5.41) is 16.4. The first-order valence-electron chi connectivity index (χ1n) is 11.3. The van der Waals surface area contributed by atoms with Crippen molar-refractivity contribution in [3.63, 3.8) is 0 Å². The number of nitrogens with zero attached hydrogens (tertiary/aromatic N) is 4. The minimum Gasteiger partial charge on any atom is -0.272 e. The van der Waals surface area contributed by atoms with E-state index in [0.29, 0.717) is 16.0 Å². The van der Waals surface area contributed by atoms with Gasteiger partial charge in [-0.05, 0) is 42.0 Å². The van der Waals surface area contributed by atoms with Crippen molar-refractivity contribution in [2.75, 3.05) is 5.75 Å². The summed E-state index contributed by atoms with van der Waals surface area (Å²) in [6.07, 6.45) is 1.66. The number of hydrazone groups is 1. The Balaban J connectivity index is 1.33. The lowest BCUT2D eigenvalue weighted by Gasteiger charge is -2.10. The normalized spacial score (nSPS) is 11.3. The molecule has 5 aromatic rings. The number of aryl methyl sites for hydroxylation is 1. The van der Waals surface area contributed by atoms with Gasteiger partial charge in [0.15, 0.2) is 11.0 Å². The Hall–Kier alpha value is -3.94. The van der Waals surface area contributed by atoms with Gasteiger partial charge in [-0.15, -0.1) is 10.2 Å². The summed E-state index contributed by atoms with van der Waals surface area (Å²) in [5.74, 6) is 0.584. The standard InChI is InChI=1S/C28H22ClN5OS/c1-19-9-11-21(12-10-19)27-32-33-28(34(27)24-15-13-23(29)14-16-24)36-18-26(35)31-30-17-22-7-4-6-20-5-2-3-8-25(20)22/h2-17H,18H2,1H3,(H,31,35)/b30-17-. The molecule has 1 N–H and O–H groups in total. The average molecular weight is 512 g/mol. The molecule has 1 aromatic heterocycles. The van der Waals surface area contributed by atoms with E-state index in [1.165, 1.54) is 11.8 Å². The molecule has 0 atom stereocenters. The summed E-state index contributed by atoms with van der Waals surface area (Å²) >= 11 is 7.39. The SMILES string of the molecule is Cc1ccc(-c2nnc(SCC(=O)N/N=C\c3cccc4ccccc34)n2-c2ccc(Cl)cc2)cc1. The number of halogens is 1. The second kappa shape index (κ2) is 10.8. The molecule has 0 radical (unpaired) electrons. The molecule has 8 heteroatoms. The summed E-state index contributed by atoms with van der Waals surface area (Å²) in [5.41, 5.74) is 6.50. The van der Waals surface area contributed by atoms with Crippen LogP contribution in [0.2, 0.25) is 5.02 Å². The molecule has 1 amide bonds. The van der Waals surface area contributed by atoms with E-state index in [-0.39, 0.29) is 11.7 Å². The third-order valence-corrected chi connectivity index (χ3v) is 6.76. The molecule has 4 aromatic carbocycles. The van der Waals surface area contributed by atoms with Crippen molar-refractivity contribution in [2.45, 2.75) is 12.1 Å². The fraction of sp³-hybridized carbons (Fsp3) is 0.0714. The summed E-state index contributed by atoms with van der Waals surface area (Å²) in [4.78, 5) is 12.6. The van der Waals surface area contributed by atoms with Gasteiger partial charge < -0.3 is 0 Å². The van der Waals surface area contributed by atoms with Gasteiger partial charge in [-0.2, -0.15) is 5.10 Å². The first-order chi connectivity index (χ1) is 17.6. The van der Waals surface area contributed by atoms with E-state index in [1.807, 2.05) is 102 Å². The van der Waals surface area contributed by atoms with Gasteiger partial charge in [0, 0.05) is 21.8 Å². The van der Waals surface area contributed by atoms with Crippen molar-refractivity contribution in [2.24, 2.45) is 5.10 Å². The zero-order chi connectivity index (χ0) is 24.9. The highest BCUT2D eigenvalue weighted by Crippen LogP contribution is 2.28. The molecule has 0 saturated carbocycles. The fourth-order valence-corrected chi connectivity index (χ4v) is 4.65. The topological polar surface area (TPSA) is 72.2 Å². The number of nitrogens with one attached hydrogen (secondary N) is 1. The van der Waals surface area contributed by atoms with Crippen LogP contribution in [-0.4, -0.2) is 32.6 Å². The van der Waals surface area contributed by atoms with Crippen molar-refractivity contribution in [3.05, 3.63) is 107 Å². The number of hydrogen-bond donors (Lipinski definition) is 1. The largest absolute Gasteiger partial charge is 0.272 e. The van der Waals surface area contributed by atoms with Gasteiger partial charge in [0.05, 0.1) is 12.0 Å². The van der Waals surface area contributed by atoms with Gasteiger partial charge in [0.25, 0.3) is 5.91 Å². The van der Waals surface area contributed by atoms with Crippen LogP contribution in [0.3, 0.4) is 0 Å². The van der Waals surface area contributed by atoms with Crippen molar-refractivity contribution in [1.29, 1.82) is 0 Å². The van der Waals surface area contributed by atoms with E-state index in [2.05, 4.69) is 20.7 Å². The van der Waals surface area contributed by atoms with Crippen molar-refractivity contribution < 1.29 is 4.79 Å². The number of carbonyl (C=O) groups is 1. The first-order valence-corrected chi connectivity index (χ1v) is 12.7. The monoisotopic (exact) mass is 511 g/mol. The third kappa shape index (κ3) is 5.32. The third-order valence-electron chi connectivity index (χ3n) is 5.58. The number of fused-ring (bicyclic) bond motifs is 1. The first kappa shape index (κ1) is 23.8. The molecule has 0 saturated heterocycles. The van der Waals surface area contributed by atoms with E-state index < -0.39 is 0 Å². The Morgan fingerprint density at radius 3 is 2.53 bits per heavy atom. The van der Waals surface area contributed by atoms with E-state index in [4.69, 9.17) is 11.6 Å². The molecule has 0 aliphatic carbocycles.